The summed E-state index contributed by atoms with van der Waals surface area (Å²) in [5, 5.41) is 8.66. The first-order valence-electron chi connectivity index (χ1n) is 3.40. The van der Waals surface area contributed by atoms with Gasteiger partial charge in [-0.1, -0.05) is 0 Å². The maximum atomic E-state index is 10.4. The molecule has 0 saturated heterocycles. The average molecular weight is 186 g/mol. The summed E-state index contributed by atoms with van der Waals surface area (Å²) < 4.78 is 0. The van der Waals surface area contributed by atoms with Gasteiger partial charge < -0.3 is 10.8 Å². The highest BCUT2D eigenvalue weighted by Gasteiger charge is 2.19. The zero-order valence-corrected chi connectivity index (χ0v) is 7.68. The second-order valence-corrected chi connectivity index (χ2v) is 4.09. The molecule has 0 saturated carbocycles. The van der Waals surface area contributed by atoms with Crippen LogP contribution in [-0.4, -0.2) is 16.1 Å². The van der Waals surface area contributed by atoms with E-state index < -0.39 is 11.5 Å². The van der Waals surface area contributed by atoms with Gasteiger partial charge in [-0.15, -0.1) is 11.3 Å². The highest BCUT2D eigenvalue weighted by atomic mass is 32.1. The quantitative estimate of drug-likeness (QED) is 0.723. The molecule has 0 fully saturated rings. The molecule has 0 aliphatic heterocycles. The van der Waals surface area contributed by atoms with Crippen LogP contribution >= 0.6 is 11.3 Å². The number of aromatic carboxylic acids is 1. The molecular formula is C7H10N2O2S. The predicted octanol–water partition coefficient (Wildman–Crippen LogP) is 1.04. The van der Waals surface area contributed by atoms with E-state index in [1.807, 2.05) is 13.8 Å². The fourth-order valence-electron chi connectivity index (χ4n) is 0.671. The third kappa shape index (κ3) is 1.80. The Morgan fingerprint density at radius 3 is 2.58 bits per heavy atom. The first-order valence-corrected chi connectivity index (χ1v) is 4.21. The van der Waals surface area contributed by atoms with Crippen LogP contribution in [0, 0.1) is 0 Å². The minimum atomic E-state index is -1.00. The molecule has 0 radical (unpaired) electrons. The lowest BCUT2D eigenvalue weighted by Gasteiger charge is -2.14. The van der Waals surface area contributed by atoms with Crippen molar-refractivity contribution in [3.8, 4) is 0 Å². The number of nitrogens with zero attached hydrogens (tertiary/aromatic N) is 1. The van der Waals surface area contributed by atoms with Crippen LogP contribution in [0.2, 0.25) is 0 Å². The predicted molar refractivity (Wildman–Crippen MR) is 46.3 cm³/mol. The fraction of sp³-hybridized carbons (Fsp3) is 0.429. The molecule has 1 heterocycles. The maximum absolute atomic E-state index is 10.4. The number of aromatic nitrogens is 1. The topological polar surface area (TPSA) is 76.2 Å². The molecule has 1 aromatic rings. The normalized spacial score (nSPS) is 11.6. The van der Waals surface area contributed by atoms with Gasteiger partial charge in [-0.05, 0) is 13.8 Å². The molecule has 1 aromatic heterocycles. The van der Waals surface area contributed by atoms with Crippen molar-refractivity contribution < 1.29 is 9.90 Å². The first kappa shape index (κ1) is 9.15. The lowest BCUT2D eigenvalue weighted by Crippen LogP contribution is -2.27. The van der Waals surface area contributed by atoms with Crippen LogP contribution in [0.15, 0.2) is 6.20 Å². The van der Waals surface area contributed by atoms with Crippen LogP contribution in [0.3, 0.4) is 0 Å². The van der Waals surface area contributed by atoms with Crippen LogP contribution in [0.1, 0.15) is 28.5 Å². The number of rotatable bonds is 2. The second kappa shape index (κ2) is 2.84. The molecule has 0 amide bonds. The largest absolute Gasteiger partial charge is 0.476 e. The zero-order valence-electron chi connectivity index (χ0n) is 6.87. The summed E-state index contributed by atoms with van der Waals surface area (Å²) in [5.74, 6) is -1.00. The van der Waals surface area contributed by atoms with Crippen LogP contribution in [0.4, 0.5) is 0 Å². The summed E-state index contributed by atoms with van der Waals surface area (Å²) in [6.45, 7) is 3.62. The van der Waals surface area contributed by atoms with E-state index >= 15 is 0 Å². The maximum Gasteiger partial charge on any atom is 0.365 e. The lowest BCUT2D eigenvalue weighted by atomic mass is 10.1. The van der Waals surface area contributed by atoms with E-state index in [-0.39, 0.29) is 5.01 Å². The zero-order chi connectivity index (χ0) is 9.35. The molecule has 0 aliphatic carbocycles. The Bertz CT molecular complexity index is 301. The number of nitrogens with two attached hydrogens (primary N) is 1. The summed E-state index contributed by atoms with van der Waals surface area (Å²) in [6.07, 6.45) is 1.51. The van der Waals surface area contributed by atoms with Gasteiger partial charge in [-0.25, -0.2) is 9.78 Å². The van der Waals surface area contributed by atoms with Gasteiger partial charge in [-0.2, -0.15) is 0 Å². The Morgan fingerprint density at radius 1 is 1.75 bits per heavy atom. The van der Waals surface area contributed by atoms with E-state index in [0.717, 1.165) is 16.2 Å². The number of thiazole rings is 1. The standard InChI is InChI=1S/C7H10N2O2S/c1-7(2,8)4-3-9-5(12-4)6(10)11/h3H,8H2,1-2H3,(H,10,11). The monoisotopic (exact) mass is 186 g/mol. The SMILES string of the molecule is CC(C)(N)c1cnc(C(=O)O)s1. The van der Waals surface area contributed by atoms with Crippen molar-refractivity contribution in [1.82, 2.24) is 4.98 Å². The van der Waals surface area contributed by atoms with E-state index in [2.05, 4.69) is 4.98 Å². The molecule has 0 spiro atoms. The fourth-order valence-corrected chi connectivity index (χ4v) is 1.44. The third-order valence-corrected chi connectivity index (χ3v) is 2.65. The Kier molecular flexibility index (Phi) is 2.16. The van der Waals surface area contributed by atoms with Gasteiger partial charge in [0.05, 0.1) is 0 Å². The lowest BCUT2D eigenvalue weighted by molar-refractivity contribution is 0.0696. The van der Waals surface area contributed by atoms with Crippen molar-refractivity contribution >= 4 is 17.3 Å². The number of carboxylic acid groups (broad SMARTS) is 1. The summed E-state index contributed by atoms with van der Waals surface area (Å²) >= 11 is 1.11. The second-order valence-electron chi connectivity index (χ2n) is 3.06. The molecule has 5 heteroatoms. The van der Waals surface area contributed by atoms with E-state index in [9.17, 15) is 4.79 Å². The Balaban J connectivity index is 3.00. The Labute approximate surface area is 74.0 Å². The summed E-state index contributed by atoms with van der Waals surface area (Å²) in [6, 6.07) is 0. The summed E-state index contributed by atoms with van der Waals surface area (Å²) in [4.78, 5) is 14.9. The molecular weight excluding hydrogens is 176 g/mol. The number of hydrogen-bond acceptors (Lipinski definition) is 4. The van der Waals surface area contributed by atoms with Crippen LogP contribution in [0.5, 0.6) is 0 Å². The van der Waals surface area contributed by atoms with Gasteiger partial charge in [-0.3, -0.25) is 0 Å². The molecule has 0 bridgehead atoms. The molecule has 0 unspecified atom stereocenters. The van der Waals surface area contributed by atoms with Crippen molar-refractivity contribution in [2.24, 2.45) is 5.73 Å². The highest BCUT2D eigenvalue weighted by molar-refractivity contribution is 7.13. The summed E-state index contributed by atoms with van der Waals surface area (Å²) in [7, 11) is 0. The smallest absolute Gasteiger partial charge is 0.365 e. The Hall–Kier alpha value is -0.940. The molecule has 4 nitrogen and oxygen atoms in total. The molecule has 0 aromatic carbocycles. The van der Waals surface area contributed by atoms with Crippen molar-refractivity contribution in [3.05, 3.63) is 16.1 Å². The van der Waals surface area contributed by atoms with Crippen molar-refractivity contribution in [2.75, 3.05) is 0 Å². The van der Waals surface area contributed by atoms with Gasteiger partial charge >= 0.3 is 5.97 Å². The summed E-state index contributed by atoms with van der Waals surface area (Å²) in [5.41, 5.74) is 5.24. The van der Waals surface area contributed by atoms with Gasteiger partial charge in [0.1, 0.15) is 0 Å². The van der Waals surface area contributed by atoms with Gasteiger partial charge in [0.15, 0.2) is 0 Å². The molecule has 12 heavy (non-hydrogen) atoms. The minimum Gasteiger partial charge on any atom is -0.476 e. The van der Waals surface area contributed by atoms with Crippen LogP contribution in [-0.2, 0) is 5.54 Å². The third-order valence-electron chi connectivity index (χ3n) is 1.32. The van der Waals surface area contributed by atoms with Crippen molar-refractivity contribution in [1.29, 1.82) is 0 Å². The van der Waals surface area contributed by atoms with E-state index in [0.29, 0.717) is 0 Å². The molecule has 0 aliphatic rings. The molecule has 0 atom stereocenters. The van der Waals surface area contributed by atoms with E-state index in [1.165, 1.54) is 6.20 Å². The van der Waals surface area contributed by atoms with E-state index in [1.54, 1.807) is 0 Å². The molecule has 1 rings (SSSR count). The average Bonchev–Trinajstić information content (AvgIpc) is 2.30. The van der Waals surface area contributed by atoms with Crippen LogP contribution in [0.25, 0.3) is 0 Å². The minimum absolute atomic E-state index is 0.0866. The van der Waals surface area contributed by atoms with E-state index in [4.69, 9.17) is 10.8 Å². The number of carbonyl (C=O) groups is 1. The number of carboxylic acids is 1. The number of hydrogen-bond donors (Lipinski definition) is 2. The Morgan fingerprint density at radius 2 is 2.33 bits per heavy atom. The molecule has 3 N–H and O–H groups in total. The van der Waals surface area contributed by atoms with Gasteiger partial charge in [0.25, 0.3) is 0 Å². The van der Waals surface area contributed by atoms with Crippen molar-refractivity contribution in [2.45, 2.75) is 19.4 Å². The highest BCUT2D eigenvalue weighted by Crippen LogP contribution is 2.23. The van der Waals surface area contributed by atoms with Crippen LogP contribution < -0.4 is 5.73 Å². The van der Waals surface area contributed by atoms with Gasteiger partial charge in [0, 0.05) is 16.6 Å². The van der Waals surface area contributed by atoms with Gasteiger partial charge in [0.2, 0.25) is 5.01 Å². The first-order chi connectivity index (χ1) is 5.41. The van der Waals surface area contributed by atoms with Crippen molar-refractivity contribution in [3.63, 3.8) is 0 Å². The molecule has 66 valence electrons.